The standard InChI is InChI=1S/C13H19N3O/c1-8-11(14)15-12(9-6-7-9)16-13(8)17-10-4-2-3-5-10/h9-10H,2-7H2,1H3,(H2,14,15,16). The fourth-order valence-corrected chi connectivity index (χ4v) is 2.33. The number of aromatic nitrogens is 2. The van der Waals surface area contributed by atoms with E-state index in [0.717, 1.165) is 24.2 Å². The van der Waals surface area contributed by atoms with Crippen molar-refractivity contribution in [3.8, 4) is 5.88 Å². The van der Waals surface area contributed by atoms with Gasteiger partial charge in [0.15, 0.2) is 0 Å². The second kappa shape index (κ2) is 4.17. The molecule has 4 nitrogen and oxygen atoms in total. The number of rotatable bonds is 3. The predicted molar refractivity (Wildman–Crippen MR) is 66.0 cm³/mol. The Labute approximate surface area is 102 Å². The molecular formula is C13H19N3O. The third kappa shape index (κ3) is 2.21. The van der Waals surface area contributed by atoms with Crippen LogP contribution < -0.4 is 10.5 Å². The van der Waals surface area contributed by atoms with Gasteiger partial charge in [-0.3, -0.25) is 0 Å². The van der Waals surface area contributed by atoms with Gasteiger partial charge in [0.2, 0.25) is 5.88 Å². The first kappa shape index (κ1) is 10.8. The van der Waals surface area contributed by atoms with Crippen LogP contribution in [0, 0.1) is 6.92 Å². The summed E-state index contributed by atoms with van der Waals surface area (Å²) in [5.74, 6) is 2.69. The van der Waals surface area contributed by atoms with E-state index in [1.54, 1.807) is 0 Å². The highest BCUT2D eigenvalue weighted by Gasteiger charge is 2.29. The highest BCUT2D eigenvalue weighted by atomic mass is 16.5. The Balaban J connectivity index is 1.85. The normalized spacial score (nSPS) is 20.8. The molecule has 0 amide bonds. The molecule has 2 aliphatic rings. The van der Waals surface area contributed by atoms with Gasteiger partial charge in [0.1, 0.15) is 17.7 Å². The second-order valence-corrected chi connectivity index (χ2v) is 5.20. The summed E-state index contributed by atoms with van der Waals surface area (Å²) in [6, 6.07) is 0. The van der Waals surface area contributed by atoms with Gasteiger partial charge in [-0.2, -0.15) is 4.98 Å². The van der Waals surface area contributed by atoms with Crippen molar-refractivity contribution in [3.63, 3.8) is 0 Å². The van der Waals surface area contributed by atoms with Crippen LogP contribution in [0.15, 0.2) is 0 Å². The average Bonchev–Trinajstić information content (AvgIpc) is 3.04. The molecule has 1 heterocycles. The molecule has 2 N–H and O–H groups in total. The van der Waals surface area contributed by atoms with Gasteiger partial charge < -0.3 is 10.5 Å². The largest absolute Gasteiger partial charge is 0.474 e. The number of hydrogen-bond donors (Lipinski definition) is 1. The molecule has 0 unspecified atom stereocenters. The van der Waals surface area contributed by atoms with Crippen molar-refractivity contribution in [3.05, 3.63) is 11.4 Å². The van der Waals surface area contributed by atoms with Gasteiger partial charge in [-0.25, -0.2) is 4.98 Å². The molecule has 1 aromatic heterocycles. The van der Waals surface area contributed by atoms with Crippen LogP contribution in [-0.4, -0.2) is 16.1 Å². The van der Waals surface area contributed by atoms with Crippen LogP contribution in [0.2, 0.25) is 0 Å². The SMILES string of the molecule is Cc1c(N)nc(C2CC2)nc1OC1CCCC1. The topological polar surface area (TPSA) is 61.0 Å². The molecule has 2 aliphatic carbocycles. The molecule has 0 aliphatic heterocycles. The number of nitrogen functional groups attached to an aromatic ring is 1. The molecule has 17 heavy (non-hydrogen) atoms. The lowest BCUT2D eigenvalue weighted by molar-refractivity contribution is 0.199. The summed E-state index contributed by atoms with van der Waals surface area (Å²) in [5.41, 5.74) is 6.82. The lowest BCUT2D eigenvalue weighted by Crippen LogP contribution is -2.15. The molecule has 0 radical (unpaired) electrons. The Bertz CT molecular complexity index is 423. The number of anilines is 1. The van der Waals surface area contributed by atoms with Crippen molar-refractivity contribution in [1.82, 2.24) is 9.97 Å². The van der Waals surface area contributed by atoms with E-state index in [0.29, 0.717) is 23.7 Å². The molecule has 0 spiro atoms. The lowest BCUT2D eigenvalue weighted by atomic mass is 10.3. The molecule has 92 valence electrons. The maximum atomic E-state index is 5.97. The van der Waals surface area contributed by atoms with Gasteiger partial charge in [0, 0.05) is 5.92 Å². The Morgan fingerprint density at radius 2 is 1.82 bits per heavy atom. The fourth-order valence-electron chi connectivity index (χ4n) is 2.33. The van der Waals surface area contributed by atoms with E-state index < -0.39 is 0 Å². The number of hydrogen-bond acceptors (Lipinski definition) is 4. The monoisotopic (exact) mass is 233 g/mol. The molecular weight excluding hydrogens is 214 g/mol. The van der Waals surface area contributed by atoms with E-state index in [2.05, 4.69) is 9.97 Å². The Morgan fingerprint density at radius 3 is 2.47 bits per heavy atom. The van der Waals surface area contributed by atoms with E-state index in [-0.39, 0.29) is 0 Å². The number of nitrogens with two attached hydrogens (primary N) is 1. The van der Waals surface area contributed by atoms with Crippen LogP contribution >= 0.6 is 0 Å². The summed E-state index contributed by atoms with van der Waals surface area (Å²) in [4.78, 5) is 8.90. The van der Waals surface area contributed by atoms with Crippen molar-refractivity contribution >= 4 is 5.82 Å². The molecule has 0 aromatic carbocycles. The molecule has 4 heteroatoms. The zero-order chi connectivity index (χ0) is 11.8. The fraction of sp³-hybridized carbons (Fsp3) is 0.692. The van der Waals surface area contributed by atoms with Gasteiger partial charge in [0.05, 0.1) is 5.56 Å². The van der Waals surface area contributed by atoms with E-state index in [1.807, 2.05) is 6.92 Å². The summed E-state index contributed by atoms with van der Waals surface area (Å²) in [7, 11) is 0. The van der Waals surface area contributed by atoms with Gasteiger partial charge in [-0.15, -0.1) is 0 Å². The molecule has 0 bridgehead atoms. The third-order valence-electron chi connectivity index (χ3n) is 3.68. The zero-order valence-electron chi connectivity index (χ0n) is 10.3. The Hall–Kier alpha value is -1.32. The maximum absolute atomic E-state index is 5.97. The molecule has 2 fully saturated rings. The summed E-state index contributed by atoms with van der Waals surface area (Å²) >= 11 is 0. The minimum Gasteiger partial charge on any atom is -0.474 e. The number of nitrogens with zero attached hydrogens (tertiary/aromatic N) is 2. The van der Waals surface area contributed by atoms with Gasteiger partial charge in [0.25, 0.3) is 0 Å². The molecule has 1 aromatic rings. The van der Waals surface area contributed by atoms with Gasteiger partial charge >= 0.3 is 0 Å². The van der Waals surface area contributed by atoms with E-state index in [1.165, 1.54) is 25.7 Å². The van der Waals surface area contributed by atoms with Crippen LogP contribution in [0.3, 0.4) is 0 Å². The lowest BCUT2D eigenvalue weighted by Gasteiger charge is -2.15. The summed E-state index contributed by atoms with van der Waals surface area (Å²) in [6.07, 6.45) is 7.51. The average molecular weight is 233 g/mol. The zero-order valence-corrected chi connectivity index (χ0v) is 10.3. The highest BCUT2D eigenvalue weighted by Crippen LogP contribution is 2.39. The molecule has 2 saturated carbocycles. The first-order chi connectivity index (χ1) is 8.24. The molecule has 3 rings (SSSR count). The van der Waals surface area contributed by atoms with Crippen LogP contribution in [-0.2, 0) is 0 Å². The Morgan fingerprint density at radius 1 is 1.12 bits per heavy atom. The van der Waals surface area contributed by atoms with Crippen molar-refractivity contribution in [2.24, 2.45) is 0 Å². The third-order valence-corrected chi connectivity index (χ3v) is 3.68. The Kier molecular flexibility index (Phi) is 2.65. The molecule has 0 saturated heterocycles. The van der Waals surface area contributed by atoms with Gasteiger partial charge in [-0.05, 0) is 45.4 Å². The quantitative estimate of drug-likeness (QED) is 0.871. The summed E-state index contributed by atoms with van der Waals surface area (Å²) in [6.45, 7) is 1.94. The van der Waals surface area contributed by atoms with Crippen molar-refractivity contribution < 1.29 is 4.74 Å². The minimum atomic E-state index is 0.329. The smallest absolute Gasteiger partial charge is 0.222 e. The summed E-state index contributed by atoms with van der Waals surface area (Å²) in [5, 5.41) is 0. The van der Waals surface area contributed by atoms with Gasteiger partial charge in [-0.1, -0.05) is 0 Å². The van der Waals surface area contributed by atoms with Crippen molar-refractivity contribution in [2.45, 2.75) is 57.5 Å². The first-order valence-electron chi connectivity index (χ1n) is 6.54. The van der Waals surface area contributed by atoms with Crippen molar-refractivity contribution in [1.29, 1.82) is 0 Å². The van der Waals surface area contributed by atoms with E-state index in [9.17, 15) is 0 Å². The van der Waals surface area contributed by atoms with Crippen LogP contribution in [0.4, 0.5) is 5.82 Å². The minimum absolute atomic E-state index is 0.329. The van der Waals surface area contributed by atoms with Crippen LogP contribution in [0.1, 0.15) is 55.8 Å². The van der Waals surface area contributed by atoms with Crippen molar-refractivity contribution in [2.75, 3.05) is 5.73 Å². The first-order valence-corrected chi connectivity index (χ1v) is 6.54. The van der Waals surface area contributed by atoms with E-state index in [4.69, 9.17) is 10.5 Å². The second-order valence-electron chi connectivity index (χ2n) is 5.20. The van der Waals surface area contributed by atoms with Crippen LogP contribution in [0.25, 0.3) is 0 Å². The number of ether oxygens (including phenoxy) is 1. The summed E-state index contributed by atoms with van der Waals surface area (Å²) < 4.78 is 5.97. The molecule has 0 atom stereocenters. The predicted octanol–water partition coefficient (Wildman–Crippen LogP) is 2.57. The van der Waals surface area contributed by atoms with Crippen LogP contribution in [0.5, 0.6) is 5.88 Å². The maximum Gasteiger partial charge on any atom is 0.222 e. The van der Waals surface area contributed by atoms with E-state index >= 15 is 0 Å². The highest BCUT2D eigenvalue weighted by molar-refractivity contribution is 5.45.